The van der Waals surface area contributed by atoms with Crippen molar-refractivity contribution >= 4 is 17.6 Å². The number of carbonyl (C=O) groups excluding carboxylic acids is 2. The average molecular weight is 374 g/mol. The lowest BCUT2D eigenvalue weighted by Crippen LogP contribution is -2.51. The third-order valence-corrected chi connectivity index (χ3v) is 5.36. The highest BCUT2D eigenvalue weighted by molar-refractivity contribution is 5.94. The van der Waals surface area contributed by atoms with Gasteiger partial charge >= 0.3 is 6.03 Å². The zero-order valence-corrected chi connectivity index (χ0v) is 15.4. The first-order valence-electron chi connectivity index (χ1n) is 9.63. The highest BCUT2D eigenvalue weighted by Crippen LogP contribution is 2.19. The summed E-state index contributed by atoms with van der Waals surface area (Å²) in [5.74, 6) is -0.205. The lowest BCUT2D eigenvalue weighted by molar-refractivity contribution is -0.384. The molecule has 1 aliphatic heterocycles. The predicted molar refractivity (Wildman–Crippen MR) is 101 cm³/mol. The van der Waals surface area contributed by atoms with Gasteiger partial charge in [0.25, 0.3) is 11.6 Å². The Morgan fingerprint density at radius 3 is 2.26 bits per heavy atom. The molecule has 1 heterocycles. The number of likely N-dealkylation sites (tertiary alicyclic amines) is 1. The molecule has 27 heavy (non-hydrogen) atoms. The van der Waals surface area contributed by atoms with E-state index in [0.29, 0.717) is 31.5 Å². The molecule has 0 radical (unpaired) electrons. The fourth-order valence-electron chi connectivity index (χ4n) is 3.82. The molecule has 1 aliphatic carbocycles. The fourth-order valence-corrected chi connectivity index (χ4v) is 3.82. The highest BCUT2D eigenvalue weighted by atomic mass is 16.6. The summed E-state index contributed by atoms with van der Waals surface area (Å²) in [6, 6.07) is 6.00. The Labute approximate surface area is 158 Å². The topological polar surface area (TPSA) is 105 Å². The van der Waals surface area contributed by atoms with Crippen LogP contribution in [0.4, 0.5) is 10.5 Å². The van der Waals surface area contributed by atoms with Gasteiger partial charge in [-0.15, -0.1) is 0 Å². The Morgan fingerprint density at radius 2 is 1.63 bits per heavy atom. The summed E-state index contributed by atoms with van der Waals surface area (Å²) in [5.41, 5.74) is 0.238. The maximum Gasteiger partial charge on any atom is 0.315 e. The van der Waals surface area contributed by atoms with E-state index >= 15 is 0 Å². The molecule has 1 aromatic carbocycles. The summed E-state index contributed by atoms with van der Waals surface area (Å²) in [6.07, 6.45) is 7.04. The van der Waals surface area contributed by atoms with Crippen LogP contribution in [0.25, 0.3) is 0 Å². The van der Waals surface area contributed by atoms with Crippen molar-refractivity contribution in [2.75, 3.05) is 13.1 Å². The fraction of sp³-hybridized carbons (Fsp3) is 0.579. The van der Waals surface area contributed by atoms with E-state index in [0.717, 1.165) is 12.8 Å². The molecule has 0 atom stereocenters. The van der Waals surface area contributed by atoms with E-state index in [-0.39, 0.29) is 29.7 Å². The molecule has 2 N–H and O–H groups in total. The minimum atomic E-state index is -0.502. The van der Waals surface area contributed by atoms with Crippen molar-refractivity contribution < 1.29 is 14.5 Å². The molecule has 0 aromatic heterocycles. The number of piperidine rings is 1. The van der Waals surface area contributed by atoms with Gasteiger partial charge in [0, 0.05) is 42.9 Å². The second kappa shape index (κ2) is 8.83. The summed E-state index contributed by atoms with van der Waals surface area (Å²) in [5, 5.41) is 16.9. The van der Waals surface area contributed by atoms with E-state index in [1.165, 1.54) is 37.5 Å². The van der Waals surface area contributed by atoms with Crippen LogP contribution in [0.5, 0.6) is 0 Å². The molecule has 3 rings (SSSR count). The SMILES string of the molecule is O=C(NC1CCCCC1)NC1CCN(C(=O)c2cccc([N+](=O)[O-])c2)CC1. The van der Waals surface area contributed by atoms with Crippen LogP contribution in [-0.4, -0.2) is 46.9 Å². The number of rotatable bonds is 4. The van der Waals surface area contributed by atoms with Crippen LogP contribution in [0.1, 0.15) is 55.3 Å². The van der Waals surface area contributed by atoms with Gasteiger partial charge in [0.1, 0.15) is 0 Å². The molecule has 0 bridgehead atoms. The summed E-state index contributed by atoms with van der Waals surface area (Å²) in [7, 11) is 0. The number of benzene rings is 1. The minimum absolute atomic E-state index is 0.0442. The van der Waals surface area contributed by atoms with Crippen LogP contribution in [0.2, 0.25) is 0 Å². The Bertz CT molecular complexity index is 695. The smallest absolute Gasteiger partial charge is 0.315 e. The predicted octanol–water partition coefficient (Wildman–Crippen LogP) is 2.83. The van der Waals surface area contributed by atoms with Crippen LogP contribution >= 0.6 is 0 Å². The third kappa shape index (κ3) is 5.18. The second-order valence-corrected chi connectivity index (χ2v) is 7.33. The van der Waals surface area contributed by atoms with Crippen LogP contribution in [0, 0.1) is 10.1 Å². The van der Waals surface area contributed by atoms with Crippen molar-refractivity contribution in [3.8, 4) is 0 Å². The number of nitro benzene ring substituents is 1. The zero-order chi connectivity index (χ0) is 19.2. The van der Waals surface area contributed by atoms with Crippen LogP contribution < -0.4 is 10.6 Å². The van der Waals surface area contributed by atoms with Gasteiger partial charge in [-0.2, -0.15) is 0 Å². The first-order valence-corrected chi connectivity index (χ1v) is 9.63. The standard InChI is InChI=1S/C19H26N4O4/c24-18(14-5-4-8-17(13-14)23(26)27)22-11-9-16(10-12-22)21-19(25)20-15-6-2-1-3-7-15/h4-5,8,13,15-16H,1-3,6-7,9-12H2,(H2,20,21,25). The van der Waals surface area contributed by atoms with Gasteiger partial charge in [-0.25, -0.2) is 4.79 Å². The molecule has 8 nitrogen and oxygen atoms in total. The number of urea groups is 1. The van der Waals surface area contributed by atoms with E-state index in [2.05, 4.69) is 10.6 Å². The Kier molecular flexibility index (Phi) is 6.26. The van der Waals surface area contributed by atoms with Gasteiger partial charge in [-0.1, -0.05) is 25.3 Å². The normalized spacial score (nSPS) is 18.7. The first-order chi connectivity index (χ1) is 13.0. The van der Waals surface area contributed by atoms with Crippen molar-refractivity contribution in [2.24, 2.45) is 0 Å². The molecule has 2 aliphatic rings. The van der Waals surface area contributed by atoms with Crippen molar-refractivity contribution in [1.82, 2.24) is 15.5 Å². The molecular weight excluding hydrogens is 348 g/mol. The van der Waals surface area contributed by atoms with Gasteiger partial charge in [0.15, 0.2) is 0 Å². The molecule has 2 fully saturated rings. The maximum absolute atomic E-state index is 12.6. The van der Waals surface area contributed by atoms with Crippen LogP contribution in [0.15, 0.2) is 24.3 Å². The average Bonchev–Trinajstić information content (AvgIpc) is 2.69. The number of nitrogens with one attached hydrogen (secondary N) is 2. The summed E-state index contributed by atoms with van der Waals surface area (Å²) in [4.78, 5) is 36.8. The Morgan fingerprint density at radius 1 is 1.00 bits per heavy atom. The van der Waals surface area contributed by atoms with Crippen molar-refractivity contribution in [3.63, 3.8) is 0 Å². The van der Waals surface area contributed by atoms with Gasteiger partial charge in [0.05, 0.1) is 4.92 Å². The number of amides is 3. The molecule has 1 saturated carbocycles. The van der Waals surface area contributed by atoms with E-state index in [9.17, 15) is 19.7 Å². The van der Waals surface area contributed by atoms with E-state index in [4.69, 9.17) is 0 Å². The van der Waals surface area contributed by atoms with E-state index < -0.39 is 4.92 Å². The van der Waals surface area contributed by atoms with Crippen LogP contribution in [0.3, 0.4) is 0 Å². The van der Waals surface area contributed by atoms with Gasteiger partial charge < -0.3 is 15.5 Å². The lowest BCUT2D eigenvalue weighted by Gasteiger charge is -2.33. The van der Waals surface area contributed by atoms with Crippen LogP contribution in [-0.2, 0) is 0 Å². The molecule has 3 amide bonds. The quantitative estimate of drug-likeness (QED) is 0.624. The third-order valence-electron chi connectivity index (χ3n) is 5.36. The number of non-ortho nitro benzene ring substituents is 1. The number of nitrogens with zero attached hydrogens (tertiary/aromatic N) is 2. The first kappa shape index (κ1) is 19.1. The largest absolute Gasteiger partial charge is 0.338 e. The molecule has 8 heteroatoms. The molecule has 0 spiro atoms. The van der Waals surface area contributed by atoms with Gasteiger partial charge in [-0.3, -0.25) is 14.9 Å². The monoisotopic (exact) mass is 374 g/mol. The second-order valence-electron chi connectivity index (χ2n) is 7.33. The number of hydrogen-bond acceptors (Lipinski definition) is 4. The molecule has 146 valence electrons. The highest BCUT2D eigenvalue weighted by Gasteiger charge is 2.26. The number of hydrogen-bond donors (Lipinski definition) is 2. The summed E-state index contributed by atoms with van der Waals surface area (Å²) >= 11 is 0. The minimum Gasteiger partial charge on any atom is -0.338 e. The Hall–Kier alpha value is -2.64. The maximum atomic E-state index is 12.6. The Balaban J connectivity index is 1.46. The van der Waals surface area contributed by atoms with Gasteiger partial charge in [-0.05, 0) is 31.7 Å². The number of nitro groups is 1. The molecule has 0 unspecified atom stereocenters. The van der Waals surface area contributed by atoms with Gasteiger partial charge in [0.2, 0.25) is 0 Å². The molecular formula is C19H26N4O4. The summed E-state index contributed by atoms with van der Waals surface area (Å²) in [6.45, 7) is 1.05. The van der Waals surface area contributed by atoms with Crippen molar-refractivity contribution in [2.45, 2.75) is 57.0 Å². The zero-order valence-electron chi connectivity index (χ0n) is 15.4. The van der Waals surface area contributed by atoms with Crippen molar-refractivity contribution in [3.05, 3.63) is 39.9 Å². The van der Waals surface area contributed by atoms with E-state index in [1.807, 2.05) is 0 Å². The summed E-state index contributed by atoms with van der Waals surface area (Å²) < 4.78 is 0. The number of carbonyl (C=O) groups is 2. The van der Waals surface area contributed by atoms with Crippen molar-refractivity contribution in [1.29, 1.82) is 0 Å². The molecule has 1 aromatic rings. The lowest BCUT2D eigenvalue weighted by atomic mass is 9.96. The molecule has 1 saturated heterocycles. The van der Waals surface area contributed by atoms with E-state index in [1.54, 1.807) is 11.0 Å².